The fourth-order valence-corrected chi connectivity index (χ4v) is 1.29. The van der Waals surface area contributed by atoms with Gasteiger partial charge in [-0.2, -0.15) is 0 Å². The van der Waals surface area contributed by atoms with E-state index in [0.717, 1.165) is 19.4 Å². The average Bonchev–Trinajstić information content (AvgIpc) is 2.05. The first kappa shape index (κ1) is 12.4. The van der Waals surface area contributed by atoms with Crippen LogP contribution in [0, 0.1) is 0 Å². The first-order valence-corrected chi connectivity index (χ1v) is 5.13. The van der Waals surface area contributed by atoms with Gasteiger partial charge < -0.3 is 10.6 Å². The Hall–Kier alpha value is -0.570. The minimum Gasteiger partial charge on any atom is -0.340 e. The Labute approximate surface area is 81.3 Å². The summed E-state index contributed by atoms with van der Waals surface area (Å²) in [4.78, 5) is 13.5. The van der Waals surface area contributed by atoms with Crippen LogP contribution >= 0.6 is 0 Å². The molecule has 0 radical (unpaired) electrons. The Morgan fingerprint density at radius 2 is 2.08 bits per heavy atom. The van der Waals surface area contributed by atoms with Gasteiger partial charge in [-0.3, -0.25) is 4.79 Å². The van der Waals surface area contributed by atoms with E-state index in [2.05, 4.69) is 0 Å². The van der Waals surface area contributed by atoms with Gasteiger partial charge in [0.2, 0.25) is 5.91 Å². The zero-order valence-corrected chi connectivity index (χ0v) is 9.05. The molecule has 0 rings (SSSR count). The third-order valence-corrected chi connectivity index (χ3v) is 2.01. The van der Waals surface area contributed by atoms with Crippen LogP contribution in [0.2, 0.25) is 0 Å². The Kier molecular flexibility index (Phi) is 6.59. The Morgan fingerprint density at radius 3 is 2.46 bits per heavy atom. The number of hydrogen-bond acceptors (Lipinski definition) is 2. The highest BCUT2D eigenvalue weighted by molar-refractivity contribution is 5.76. The SMILES string of the molecule is CCCC(=O)N(CCCN)C(C)C. The van der Waals surface area contributed by atoms with E-state index in [1.165, 1.54) is 0 Å². The fourth-order valence-electron chi connectivity index (χ4n) is 1.29. The number of carbonyl (C=O) groups excluding carboxylic acids is 1. The molecular weight excluding hydrogens is 164 g/mol. The van der Waals surface area contributed by atoms with Crippen LogP contribution in [0.4, 0.5) is 0 Å². The molecule has 3 nitrogen and oxygen atoms in total. The quantitative estimate of drug-likeness (QED) is 0.681. The highest BCUT2D eigenvalue weighted by atomic mass is 16.2. The summed E-state index contributed by atoms with van der Waals surface area (Å²) in [5.41, 5.74) is 5.41. The second-order valence-electron chi connectivity index (χ2n) is 3.57. The Balaban J connectivity index is 3.99. The minimum absolute atomic E-state index is 0.256. The predicted molar refractivity (Wildman–Crippen MR) is 55.4 cm³/mol. The number of carbonyl (C=O) groups is 1. The lowest BCUT2D eigenvalue weighted by atomic mass is 10.2. The molecular formula is C10H22N2O. The molecule has 0 aliphatic rings. The lowest BCUT2D eigenvalue weighted by Gasteiger charge is -2.26. The fraction of sp³-hybridized carbons (Fsp3) is 0.900. The third-order valence-electron chi connectivity index (χ3n) is 2.01. The summed E-state index contributed by atoms with van der Waals surface area (Å²) in [5.74, 6) is 0.256. The topological polar surface area (TPSA) is 46.3 Å². The van der Waals surface area contributed by atoms with Gasteiger partial charge in [0, 0.05) is 19.0 Å². The molecule has 0 atom stereocenters. The highest BCUT2D eigenvalue weighted by Crippen LogP contribution is 2.04. The van der Waals surface area contributed by atoms with Gasteiger partial charge in [0.1, 0.15) is 0 Å². The molecule has 13 heavy (non-hydrogen) atoms. The molecule has 0 aliphatic carbocycles. The lowest BCUT2D eigenvalue weighted by molar-refractivity contribution is -0.132. The Morgan fingerprint density at radius 1 is 1.46 bits per heavy atom. The lowest BCUT2D eigenvalue weighted by Crippen LogP contribution is -2.38. The van der Waals surface area contributed by atoms with Crippen molar-refractivity contribution in [3.05, 3.63) is 0 Å². The zero-order valence-electron chi connectivity index (χ0n) is 9.05. The molecule has 0 aromatic heterocycles. The largest absolute Gasteiger partial charge is 0.340 e. The molecule has 0 aromatic carbocycles. The number of nitrogens with two attached hydrogens (primary N) is 1. The number of rotatable bonds is 6. The van der Waals surface area contributed by atoms with Crippen molar-refractivity contribution in [2.75, 3.05) is 13.1 Å². The first-order chi connectivity index (χ1) is 6.13. The average molecular weight is 186 g/mol. The summed E-state index contributed by atoms with van der Waals surface area (Å²) in [6.07, 6.45) is 2.47. The van der Waals surface area contributed by atoms with Crippen molar-refractivity contribution in [1.82, 2.24) is 4.90 Å². The Bertz CT molecular complexity index is 146. The van der Waals surface area contributed by atoms with Gasteiger partial charge in [0.25, 0.3) is 0 Å². The smallest absolute Gasteiger partial charge is 0.222 e. The summed E-state index contributed by atoms with van der Waals surface area (Å²) >= 11 is 0. The van der Waals surface area contributed by atoms with Crippen molar-refractivity contribution >= 4 is 5.91 Å². The first-order valence-electron chi connectivity index (χ1n) is 5.13. The van der Waals surface area contributed by atoms with Crippen molar-refractivity contribution in [1.29, 1.82) is 0 Å². The van der Waals surface area contributed by atoms with Crippen LogP contribution in [-0.2, 0) is 4.79 Å². The molecule has 0 bridgehead atoms. The molecule has 1 amide bonds. The summed E-state index contributed by atoms with van der Waals surface area (Å²) in [5, 5.41) is 0. The van der Waals surface area contributed by atoms with Gasteiger partial charge in [0.05, 0.1) is 0 Å². The molecule has 0 aliphatic heterocycles. The normalized spacial score (nSPS) is 10.5. The van der Waals surface area contributed by atoms with Gasteiger partial charge in [-0.25, -0.2) is 0 Å². The molecule has 0 fully saturated rings. The van der Waals surface area contributed by atoms with Gasteiger partial charge in [-0.1, -0.05) is 6.92 Å². The highest BCUT2D eigenvalue weighted by Gasteiger charge is 2.14. The molecule has 0 heterocycles. The van der Waals surface area contributed by atoms with Crippen LogP contribution in [0.3, 0.4) is 0 Å². The maximum atomic E-state index is 11.6. The number of nitrogens with zero attached hydrogens (tertiary/aromatic N) is 1. The number of hydrogen-bond donors (Lipinski definition) is 1. The predicted octanol–water partition coefficient (Wildman–Crippen LogP) is 1.37. The van der Waals surface area contributed by atoms with Gasteiger partial charge >= 0.3 is 0 Å². The molecule has 0 spiro atoms. The third kappa shape index (κ3) is 4.88. The molecule has 2 N–H and O–H groups in total. The monoisotopic (exact) mass is 186 g/mol. The standard InChI is InChI=1S/C10H22N2O/c1-4-6-10(13)12(9(2)3)8-5-7-11/h9H,4-8,11H2,1-3H3. The molecule has 0 saturated carbocycles. The maximum absolute atomic E-state index is 11.6. The second-order valence-corrected chi connectivity index (χ2v) is 3.57. The van der Waals surface area contributed by atoms with E-state index < -0.39 is 0 Å². The van der Waals surface area contributed by atoms with Crippen LogP contribution in [0.5, 0.6) is 0 Å². The maximum Gasteiger partial charge on any atom is 0.222 e. The van der Waals surface area contributed by atoms with Crippen LogP contribution in [-0.4, -0.2) is 29.9 Å². The van der Waals surface area contributed by atoms with Crippen LogP contribution in [0.15, 0.2) is 0 Å². The van der Waals surface area contributed by atoms with Crippen LogP contribution in [0.1, 0.15) is 40.0 Å². The summed E-state index contributed by atoms with van der Waals surface area (Å²) in [7, 11) is 0. The van der Waals surface area contributed by atoms with Gasteiger partial charge in [-0.05, 0) is 33.2 Å². The van der Waals surface area contributed by atoms with E-state index in [9.17, 15) is 4.79 Å². The van der Waals surface area contributed by atoms with Gasteiger partial charge in [-0.15, -0.1) is 0 Å². The molecule has 0 unspecified atom stereocenters. The minimum atomic E-state index is 0.256. The zero-order chi connectivity index (χ0) is 10.3. The van der Waals surface area contributed by atoms with E-state index in [0.29, 0.717) is 19.0 Å². The summed E-state index contributed by atoms with van der Waals surface area (Å²) < 4.78 is 0. The van der Waals surface area contributed by atoms with E-state index in [4.69, 9.17) is 5.73 Å². The van der Waals surface area contributed by atoms with E-state index in [1.807, 2.05) is 25.7 Å². The molecule has 78 valence electrons. The molecule has 0 saturated heterocycles. The summed E-state index contributed by atoms with van der Waals surface area (Å²) in [6.45, 7) is 7.57. The van der Waals surface area contributed by atoms with Crippen molar-refractivity contribution in [2.45, 2.75) is 46.1 Å². The van der Waals surface area contributed by atoms with Crippen LogP contribution < -0.4 is 5.73 Å². The van der Waals surface area contributed by atoms with E-state index in [-0.39, 0.29) is 5.91 Å². The van der Waals surface area contributed by atoms with Crippen molar-refractivity contribution in [2.24, 2.45) is 5.73 Å². The van der Waals surface area contributed by atoms with Crippen molar-refractivity contribution in [3.8, 4) is 0 Å². The summed E-state index contributed by atoms with van der Waals surface area (Å²) in [6, 6.07) is 0.297. The molecule has 3 heteroatoms. The van der Waals surface area contributed by atoms with Crippen molar-refractivity contribution < 1.29 is 4.79 Å². The van der Waals surface area contributed by atoms with E-state index in [1.54, 1.807) is 0 Å². The second kappa shape index (κ2) is 6.89. The van der Waals surface area contributed by atoms with Crippen LogP contribution in [0.25, 0.3) is 0 Å². The van der Waals surface area contributed by atoms with Gasteiger partial charge in [0.15, 0.2) is 0 Å². The van der Waals surface area contributed by atoms with E-state index >= 15 is 0 Å². The molecule has 0 aromatic rings. The van der Waals surface area contributed by atoms with Crippen molar-refractivity contribution in [3.63, 3.8) is 0 Å². The number of amides is 1.